The Morgan fingerprint density at radius 2 is 1.97 bits per heavy atom. The molecule has 13 heteroatoms. The summed E-state index contributed by atoms with van der Waals surface area (Å²) in [4.78, 5) is 24.2. The van der Waals surface area contributed by atoms with Gasteiger partial charge in [-0.2, -0.15) is 4.80 Å². The second kappa shape index (κ2) is 9.14. The highest BCUT2D eigenvalue weighted by Crippen LogP contribution is 2.36. The van der Waals surface area contributed by atoms with Crippen molar-refractivity contribution >= 4 is 35.1 Å². The summed E-state index contributed by atoms with van der Waals surface area (Å²) in [6.07, 6.45) is 2.49. The summed E-state index contributed by atoms with van der Waals surface area (Å²) in [5.74, 6) is -3.67. The zero-order valence-electron chi connectivity index (χ0n) is 17.7. The van der Waals surface area contributed by atoms with E-state index in [-0.39, 0.29) is 35.3 Å². The van der Waals surface area contributed by atoms with Crippen LogP contribution < -0.4 is 5.32 Å². The predicted molar refractivity (Wildman–Crippen MR) is 118 cm³/mol. The number of nitrogens with one attached hydrogen (secondary N) is 1. The van der Waals surface area contributed by atoms with E-state index in [0.29, 0.717) is 10.6 Å². The van der Waals surface area contributed by atoms with Crippen LogP contribution in [0.4, 0.5) is 14.7 Å². The molecule has 3 aromatic rings. The number of likely N-dealkylation sites (tertiary alicyclic amines) is 1. The number of aryl methyl sites for hydroxylation is 1. The van der Waals surface area contributed by atoms with Crippen LogP contribution in [0, 0.1) is 5.92 Å². The second-order valence-electron chi connectivity index (χ2n) is 7.94. The lowest BCUT2D eigenvalue weighted by Crippen LogP contribution is -2.57. The van der Waals surface area contributed by atoms with E-state index in [1.54, 1.807) is 26.1 Å². The topological polar surface area (TPSA) is 102 Å². The number of anilines is 1. The first kappa shape index (κ1) is 23.2. The highest BCUT2D eigenvalue weighted by atomic mass is 35.5. The Kier molecular flexibility index (Phi) is 6.44. The van der Waals surface area contributed by atoms with Crippen LogP contribution >= 0.6 is 23.2 Å². The molecule has 174 valence electrons. The number of alkyl halides is 2. The van der Waals surface area contributed by atoms with E-state index in [1.807, 2.05) is 0 Å². The average Bonchev–Trinajstić information content (AvgIpc) is 3.19. The fourth-order valence-electron chi connectivity index (χ4n) is 3.91. The third-order valence-electron chi connectivity index (χ3n) is 5.39. The van der Waals surface area contributed by atoms with Gasteiger partial charge in [0.2, 0.25) is 11.8 Å². The molecule has 1 N–H and O–H groups in total. The third kappa shape index (κ3) is 5.19. The lowest BCUT2D eigenvalue weighted by Gasteiger charge is -2.43. The van der Waals surface area contributed by atoms with Gasteiger partial charge in [-0.1, -0.05) is 30.1 Å². The van der Waals surface area contributed by atoms with Gasteiger partial charge in [0.05, 0.1) is 42.6 Å². The first-order chi connectivity index (χ1) is 15.6. The van der Waals surface area contributed by atoms with Gasteiger partial charge in [0.25, 0.3) is 11.8 Å². The molecule has 1 fully saturated rings. The van der Waals surface area contributed by atoms with Crippen LogP contribution in [0.3, 0.4) is 0 Å². The molecule has 1 saturated heterocycles. The Balaban J connectivity index is 1.67. The summed E-state index contributed by atoms with van der Waals surface area (Å²) >= 11 is 12.0. The number of tetrazole rings is 1. The smallest absolute Gasteiger partial charge is 0.265 e. The van der Waals surface area contributed by atoms with E-state index in [1.165, 1.54) is 28.2 Å². The second-order valence-corrected chi connectivity index (χ2v) is 8.81. The highest BCUT2D eigenvalue weighted by molar-refractivity contribution is 6.31. The van der Waals surface area contributed by atoms with Gasteiger partial charge in [-0.3, -0.25) is 4.79 Å². The van der Waals surface area contributed by atoms with Crippen molar-refractivity contribution in [2.24, 2.45) is 13.0 Å². The summed E-state index contributed by atoms with van der Waals surface area (Å²) in [6.45, 7) is 1.12. The number of hydrogen-bond donors (Lipinski definition) is 1. The number of aromatic nitrogens is 6. The van der Waals surface area contributed by atoms with Gasteiger partial charge < -0.3 is 10.2 Å². The van der Waals surface area contributed by atoms with Gasteiger partial charge in [-0.05, 0) is 29.3 Å². The number of amides is 1. The summed E-state index contributed by atoms with van der Waals surface area (Å²) in [6, 6.07) is 4.03. The summed E-state index contributed by atoms with van der Waals surface area (Å²) < 4.78 is 29.1. The van der Waals surface area contributed by atoms with Crippen molar-refractivity contribution in [3.05, 3.63) is 46.2 Å². The number of carbonyl (C=O) groups is 1. The lowest BCUT2D eigenvalue weighted by atomic mass is 9.87. The van der Waals surface area contributed by atoms with Crippen LogP contribution in [0.15, 0.2) is 30.6 Å². The van der Waals surface area contributed by atoms with E-state index < -0.39 is 30.3 Å². The van der Waals surface area contributed by atoms with Crippen molar-refractivity contribution in [1.82, 2.24) is 35.1 Å². The minimum atomic E-state index is -3.04. The van der Waals surface area contributed by atoms with Gasteiger partial charge in [0, 0.05) is 23.6 Å². The molecule has 0 spiro atoms. The zero-order chi connectivity index (χ0) is 23.8. The largest absolute Gasteiger partial charge is 0.352 e. The molecule has 2 aromatic heterocycles. The quantitative estimate of drug-likeness (QED) is 0.575. The van der Waals surface area contributed by atoms with Crippen LogP contribution in [0.1, 0.15) is 23.7 Å². The maximum atomic E-state index is 14.6. The SMILES string of the molecule is C[C@@H]1CC(F)(F)CN(C(=O)c2cc(Cl)ccc2-c2nnn(C)n2)C1CNc1ncc(Cl)cn1. The van der Waals surface area contributed by atoms with Crippen LogP contribution in [0.25, 0.3) is 11.4 Å². The van der Waals surface area contributed by atoms with Gasteiger partial charge in [0.15, 0.2) is 0 Å². The molecule has 3 heterocycles. The minimum Gasteiger partial charge on any atom is -0.352 e. The molecule has 1 aliphatic heterocycles. The van der Waals surface area contributed by atoms with Crippen LogP contribution in [0.5, 0.6) is 0 Å². The van der Waals surface area contributed by atoms with Crippen LogP contribution in [-0.4, -0.2) is 66.0 Å². The molecule has 0 aliphatic carbocycles. The van der Waals surface area contributed by atoms with Gasteiger partial charge in [0.1, 0.15) is 0 Å². The van der Waals surface area contributed by atoms with E-state index >= 15 is 0 Å². The van der Waals surface area contributed by atoms with Gasteiger partial charge in [-0.15, -0.1) is 10.2 Å². The van der Waals surface area contributed by atoms with Crippen molar-refractivity contribution in [2.75, 3.05) is 18.4 Å². The minimum absolute atomic E-state index is 0.119. The zero-order valence-corrected chi connectivity index (χ0v) is 19.2. The first-order valence-corrected chi connectivity index (χ1v) is 10.8. The molecule has 1 aliphatic rings. The van der Waals surface area contributed by atoms with Crippen molar-refractivity contribution < 1.29 is 13.6 Å². The molecule has 1 amide bonds. The Labute approximate surface area is 198 Å². The Hall–Kier alpha value is -2.92. The van der Waals surface area contributed by atoms with Crippen LogP contribution in [-0.2, 0) is 7.05 Å². The van der Waals surface area contributed by atoms with Gasteiger partial charge >= 0.3 is 0 Å². The fraction of sp³-hybridized carbons (Fsp3) is 0.400. The monoisotopic (exact) mass is 496 g/mol. The lowest BCUT2D eigenvalue weighted by molar-refractivity contribution is -0.0897. The summed E-state index contributed by atoms with van der Waals surface area (Å²) in [7, 11) is 1.58. The van der Waals surface area contributed by atoms with Crippen molar-refractivity contribution in [2.45, 2.75) is 25.3 Å². The average molecular weight is 497 g/mol. The molecular weight excluding hydrogens is 477 g/mol. The van der Waals surface area contributed by atoms with E-state index in [4.69, 9.17) is 23.2 Å². The first-order valence-electron chi connectivity index (χ1n) is 10.1. The maximum Gasteiger partial charge on any atom is 0.265 e. The Morgan fingerprint density at radius 3 is 2.64 bits per heavy atom. The maximum absolute atomic E-state index is 14.6. The van der Waals surface area contributed by atoms with Crippen molar-refractivity contribution in [1.29, 1.82) is 0 Å². The molecular formula is C20H20Cl2F2N8O. The van der Waals surface area contributed by atoms with E-state index in [9.17, 15) is 13.6 Å². The molecule has 33 heavy (non-hydrogen) atoms. The number of carbonyl (C=O) groups excluding carboxylic acids is 1. The number of rotatable bonds is 5. The van der Waals surface area contributed by atoms with Crippen molar-refractivity contribution in [3.63, 3.8) is 0 Å². The molecule has 1 aromatic carbocycles. The van der Waals surface area contributed by atoms with E-state index in [2.05, 4.69) is 30.7 Å². The number of nitrogens with zero attached hydrogens (tertiary/aromatic N) is 7. The number of benzene rings is 1. The van der Waals surface area contributed by atoms with Gasteiger partial charge in [-0.25, -0.2) is 18.7 Å². The Morgan fingerprint density at radius 1 is 1.24 bits per heavy atom. The summed E-state index contributed by atoms with van der Waals surface area (Å²) in [5, 5.41) is 15.5. The predicted octanol–water partition coefficient (Wildman–Crippen LogP) is 3.57. The highest BCUT2D eigenvalue weighted by Gasteiger charge is 2.46. The standard InChI is InChI=1S/C20H20Cl2F2N8O/c1-11-6-20(23,24)10-32(16(11)9-27-19-25-7-13(22)8-26-19)18(33)15-5-12(21)3-4-14(15)17-28-30-31(2)29-17/h3-5,7-8,11,16H,6,9-10H2,1-2H3,(H,25,26,27)/t11-,16?/m1/s1. The Bertz CT molecular complexity index is 1160. The normalized spacial score (nSPS) is 20.0. The molecule has 4 rings (SSSR count). The molecule has 0 radical (unpaired) electrons. The van der Waals surface area contributed by atoms with Crippen molar-refractivity contribution in [3.8, 4) is 11.4 Å². The van der Waals surface area contributed by atoms with E-state index in [0.717, 1.165) is 0 Å². The molecule has 1 unspecified atom stereocenters. The molecule has 9 nitrogen and oxygen atoms in total. The third-order valence-corrected chi connectivity index (χ3v) is 5.82. The molecule has 0 saturated carbocycles. The number of halogens is 4. The fourth-order valence-corrected chi connectivity index (χ4v) is 4.18. The van der Waals surface area contributed by atoms with Crippen LogP contribution in [0.2, 0.25) is 10.0 Å². The number of piperidine rings is 1. The number of hydrogen-bond acceptors (Lipinski definition) is 7. The summed E-state index contributed by atoms with van der Waals surface area (Å²) in [5.41, 5.74) is 0.472. The molecule has 0 bridgehead atoms. The molecule has 2 atom stereocenters.